The van der Waals surface area contributed by atoms with Gasteiger partial charge in [-0.3, -0.25) is 9.89 Å². The molecule has 1 aromatic heterocycles. The van der Waals surface area contributed by atoms with Crippen molar-refractivity contribution in [3.8, 4) is 22.8 Å². The first-order valence-corrected chi connectivity index (χ1v) is 9.32. The van der Waals surface area contributed by atoms with Gasteiger partial charge in [-0.25, -0.2) is 5.43 Å². The van der Waals surface area contributed by atoms with E-state index in [1.807, 2.05) is 12.1 Å². The second kappa shape index (κ2) is 9.05. The summed E-state index contributed by atoms with van der Waals surface area (Å²) >= 11 is 0. The molecule has 3 rings (SSSR count). The SMILES string of the molecule is COc1cccc(C=NNC(=O)c2cc(-c3ccc(CC(C)C)cc3)n[nH]2)c1O. The number of phenolic OH excluding ortho intramolecular Hbond substituents is 1. The summed E-state index contributed by atoms with van der Waals surface area (Å²) in [6.45, 7) is 4.37. The number of nitrogens with zero attached hydrogens (tertiary/aromatic N) is 2. The summed E-state index contributed by atoms with van der Waals surface area (Å²) in [7, 11) is 1.46. The Morgan fingerprint density at radius 2 is 2.03 bits per heavy atom. The number of hydrazone groups is 1. The van der Waals surface area contributed by atoms with Crippen LogP contribution >= 0.6 is 0 Å². The van der Waals surface area contributed by atoms with Gasteiger partial charge in [-0.05, 0) is 36.1 Å². The molecule has 0 aliphatic heterocycles. The van der Waals surface area contributed by atoms with E-state index in [0.29, 0.717) is 28.6 Å². The van der Waals surface area contributed by atoms with Gasteiger partial charge in [-0.15, -0.1) is 0 Å². The third-order valence-electron chi connectivity index (χ3n) is 4.34. The zero-order valence-electron chi connectivity index (χ0n) is 16.6. The number of hydrogen-bond acceptors (Lipinski definition) is 5. The van der Waals surface area contributed by atoms with Crippen molar-refractivity contribution >= 4 is 12.1 Å². The molecule has 7 heteroatoms. The number of aromatic nitrogens is 2. The normalized spacial score (nSPS) is 11.2. The number of ether oxygens (including phenoxy) is 1. The Balaban J connectivity index is 1.65. The number of carbonyl (C=O) groups excluding carboxylic acids is 1. The predicted octanol–water partition coefficient (Wildman–Crippen LogP) is 3.75. The number of phenols is 1. The zero-order valence-corrected chi connectivity index (χ0v) is 16.6. The first-order chi connectivity index (χ1) is 14.0. The van der Waals surface area contributed by atoms with Crippen LogP contribution in [0.3, 0.4) is 0 Å². The van der Waals surface area contributed by atoms with Gasteiger partial charge in [0.25, 0.3) is 5.91 Å². The molecule has 1 amide bonds. The number of hydrogen-bond donors (Lipinski definition) is 3. The largest absolute Gasteiger partial charge is 0.504 e. The van der Waals surface area contributed by atoms with E-state index in [4.69, 9.17) is 4.74 Å². The van der Waals surface area contributed by atoms with Crippen molar-refractivity contribution < 1.29 is 14.6 Å². The molecule has 0 atom stereocenters. The molecule has 2 aromatic carbocycles. The van der Waals surface area contributed by atoms with Crippen molar-refractivity contribution in [3.05, 3.63) is 65.4 Å². The molecule has 3 aromatic rings. The summed E-state index contributed by atoms with van der Waals surface area (Å²) in [4.78, 5) is 12.3. The zero-order chi connectivity index (χ0) is 20.8. The molecule has 150 valence electrons. The third-order valence-corrected chi connectivity index (χ3v) is 4.34. The van der Waals surface area contributed by atoms with Gasteiger partial charge in [0.1, 0.15) is 5.69 Å². The first-order valence-electron chi connectivity index (χ1n) is 9.32. The van der Waals surface area contributed by atoms with Gasteiger partial charge in [0.05, 0.1) is 19.0 Å². The number of nitrogens with one attached hydrogen (secondary N) is 2. The number of rotatable bonds is 7. The van der Waals surface area contributed by atoms with Crippen molar-refractivity contribution in [2.75, 3.05) is 7.11 Å². The number of aromatic hydroxyl groups is 1. The molecule has 0 spiro atoms. The highest BCUT2D eigenvalue weighted by Gasteiger charge is 2.11. The Morgan fingerprint density at radius 3 is 2.72 bits per heavy atom. The lowest BCUT2D eigenvalue weighted by molar-refractivity contribution is 0.0950. The Hall–Kier alpha value is -3.61. The molecule has 3 N–H and O–H groups in total. The number of benzene rings is 2. The van der Waals surface area contributed by atoms with Crippen LogP contribution in [0.15, 0.2) is 53.6 Å². The fraction of sp³-hybridized carbons (Fsp3) is 0.227. The second-order valence-electron chi connectivity index (χ2n) is 7.06. The molecule has 0 aliphatic rings. The van der Waals surface area contributed by atoms with E-state index in [2.05, 4.69) is 46.7 Å². The van der Waals surface area contributed by atoms with Crippen LogP contribution in [0.5, 0.6) is 11.5 Å². The topological polar surface area (TPSA) is 99.6 Å². The molecule has 0 fully saturated rings. The maximum Gasteiger partial charge on any atom is 0.289 e. The van der Waals surface area contributed by atoms with Crippen molar-refractivity contribution in [1.82, 2.24) is 15.6 Å². The Morgan fingerprint density at radius 1 is 1.28 bits per heavy atom. The highest BCUT2D eigenvalue weighted by Crippen LogP contribution is 2.28. The minimum absolute atomic E-state index is 0.0438. The van der Waals surface area contributed by atoms with E-state index in [1.54, 1.807) is 24.3 Å². The molecule has 0 unspecified atom stereocenters. The number of H-pyrrole nitrogens is 1. The molecule has 0 bridgehead atoms. The van der Waals surface area contributed by atoms with Gasteiger partial charge in [0.15, 0.2) is 11.5 Å². The molecule has 0 aliphatic carbocycles. The van der Waals surface area contributed by atoms with Gasteiger partial charge in [0, 0.05) is 11.1 Å². The molecule has 1 heterocycles. The maximum atomic E-state index is 12.3. The van der Waals surface area contributed by atoms with Crippen LogP contribution < -0.4 is 10.2 Å². The van der Waals surface area contributed by atoms with Crippen LogP contribution in [0.4, 0.5) is 0 Å². The van der Waals surface area contributed by atoms with Crippen molar-refractivity contribution in [2.45, 2.75) is 20.3 Å². The molecule has 0 saturated carbocycles. The average Bonchev–Trinajstić information content (AvgIpc) is 3.20. The predicted molar refractivity (Wildman–Crippen MR) is 112 cm³/mol. The fourth-order valence-corrected chi connectivity index (χ4v) is 2.90. The number of carbonyl (C=O) groups is 1. The summed E-state index contributed by atoms with van der Waals surface area (Å²) < 4.78 is 5.04. The Labute approximate surface area is 169 Å². The monoisotopic (exact) mass is 392 g/mol. The average molecular weight is 392 g/mol. The van der Waals surface area contributed by atoms with Crippen LogP contribution in [0.1, 0.15) is 35.5 Å². The molecule has 0 radical (unpaired) electrons. The minimum Gasteiger partial charge on any atom is -0.504 e. The van der Waals surface area contributed by atoms with Gasteiger partial charge < -0.3 is 9.84 Å². The van der Waals surface area contributed by atoms with E-state index in [1.165, 1.54) is 18.9 Å². The van der Waals surface area contributed by atoms with E-state index in [9.17, 15) is 9.90 Å². The molecular formula is C22H24N4O3. The van der Waals surface area contributed by atoms with E-state index in [0.717, 1.165) is 12.0 Å². The highest BCUT2D eigenvalue weighted by molar-refractivity contribution is 5.94. The molecule has 7 nitrogen and oxygen atoms in total. The summed E-state index contributed by atoms with van der Waals surface area (Å²) in [5.74, 6) is 0.454. The van der Waals surface area contributed by atoms with Crippen molar-refractivity contribution in [1.29, 1.82) is 0 Å². The second-order valence-corrected chi connectivity index (χ2v) is 7.06. The lowest BCUT2D eigenvalue weighted by Crippen LogP contribution is -2.18. The van der Waals surface area contributed by atoms with Crippen molar-refractivity contribution in [3.63, 3.8) is 0 Å². The molecule has 0 saturated heterocycles. The lowest BCUT2D eigenvalue weighted by Gasteiger charge is -2.05. The van der Waals surface area contributed by atoms with Gasteiger partial charge >= 0.3 is 0 Å². The number of methoxy groups -OCH3 is 1. The van der Waals surface area contributed by atoms with Gasteiger partial charge in [-0.1, -0.05) is 44.2 Å². The van der Waals surface area contributed by atoms with E-state index < -0.39 is 5.91 Å². The van der Waals surface area contributed by atoms with Crippen LogP contribution in [-0.4, -0.2) is 34.5 Å². The molecule has 29 heavy (non-hydrogen) atoms. The Kier molecular flexibility index (Phi) is 6.29. The van der Waals surface area contributed by atoms with E-state index >= 15 is 0 Å². The quantitative estimate of drug-likeness (QED) is 0.421. The standard InChI is InChI=1S/C22H24N4O3/c1-14(2)11-15-7-9-16(10-8-15)18-12-19(25-24-18)22(28)26-23-13-17-5-4-6-20(29-3)21(17)27/h4-10,12-14,27H,11H2,1-3H3,(H,24,25)(H,26,28). The minimum atomic E-state index is -0.432. The summed E-state index contributed by atoms with van der Waals surface area (Å²) in [5, 5.41) is 20.8. The summed E-state index contributed by atoms with van der Waals surface area (Å²) in [6, 6.07) is 14.8. The van der Waals surface area contributed by atoms with Gasteiger partial charge in [0.2, 0.25) is 0 Å². The first kappa shape index (κ1) is 20.1. The molecular weight excluding hydrogens is 368 g/mol. The third kappa shape index (κ3) is 5.01. The summed E-state index contributed by atoms with van der Waals surface area (Å²) in [5.41, 5.74) is 6.01. The van der Waals surface area contributed by atoms with Gasteiger partial charge in [-0.2, -0.15) is 10.2 Å². The van der Waals surface area contributed by atoms with Crippen LogP contribution in [0, 0.1) is 5.92 Å². The summed E-state index contributed by atoms with van der Waals surface area (Å²) in [6.07, 6.45) is 2.37. The van der Waals surface area contributed by atoms with Crippen LogP contribution in [0.2, 0.25) is 0 Å². The maximum absolute atomic E-state index is 12.3. The van der Waals surface area contributed by atoms with Crippen molar-refractivity contribution in [2.24, 2.45) is 11.0 Å². The van der Waals surface area contributed by atoms with E-state index in [-0.39, 0.29) is 5.75 Å². The number of aromatic amines is 1. The number of amides is 1. The Bertz CT molecular complexity index is 1010. The number of para-hydroxylation sites is 1. The van der Waals surface area contributed by atoms with Crippen LogP contribution in [-0.2, 0) is 6.42 Å². The lowest BCUT2D eigenvalue weighted by atomic mass is 10.0. The fourth-order valence-electron chi connectivity index (χ4n) is 2.90. The smallest absolute Gasteiger partial charge is 0.289 e. The highest BCUT2D eigenvalue weighted by atomic mass is 16.5. The van der Waals surface area contributed by atoms with Crippen LogP contribution in [0.25, 0.3) is 11.3 Å².